The van der Waals surface area contributed by atoms with E-state index in [9.17, 15) is 4.79 Å². The van der Waals surface area contributed by atoms with Gasteiger partial charge in [-0.05, 0) is 44.9 Å². The number of pyridine rings is 1. The maximum absolute atomic E-state index is 12.4. The van der Waals surface area contributed by atoms with Crippen molar-refractivity contribution in [2.24, 2.45) is 0 Å². The number of anilines is 1. The third-order valence-corrected chi connectivity index (χ3v) is 3.97. The number of carbonyl (C=O) groups excluding carboxylic acids is 1. The lowest BCUT2D eigenvalue weighted by Gasteiger charge is -2.33. The molecule has 0 spiro atoms. The summed E-state index contributed by atoms with van der Waals surface area (Å²) in [4.78, 5) is 16.8. The van der Waals surface area contributed by atoms with Crippen molar-refractivity contribution in [3.8, 4) is 0 Å². The van der Waals surface area contributed by atoms with E-state index in [0.29, 0.717) is 0 Å². The summed E-state index contributed by atoms with van der Waals surface area (Å²) in [6, 6.07) is 9.86. The monoisotopic (exact) mass is 269 g/mol. The average Bonchev–Trinajstić information content (AvgIpc) is 2.48. The number of fused-ring (bicyclic) bond motifs is 1. The van der Waals surface area contributed by atoms with Gasteiger partial charge in [-0.2, -0.15) is 0 Å². The second-order valence-corrected chi connectivity index (χ2v) is 5.59. The summed E-state index contributed by atoms with van der Waals surface area (Å²) >= 11 is 0. The normalized spacial score (nSPS) is 22.6. The maximum Gasteiger partial charge on any atom is 0.244 e. The average molecular weight is 269 g/mol. The van der Waals surface area contributed by atoms with Gasteiger partial charge in [0, 0.05) is 5.39 Å². The van der Waals surface area contributed by atoms with E-state index in [1.165, 1.54) is 0 Å². The Morgan fingerprint density at radius 3 is 3.00 bits per heavy atom. The lowest BCUT2D eigenvalue weighted by atomic mass is 9.90. The van der Waals surface area contributed by atoms with Gasteiger partial charge >= 0.3 is 0 Å². The fourth-order valence-electron chi connectivity index (χ4n) is 2.66. The highest BCUT2D eigenvalue weighted by atomic mass is 16.2. The molecule has 4 nitrogen and oxygen atoms in total. The number of aromatic nitrogens is 1. The van der Waals surface area contributed by atoms with Crippen LogP contribution in [0.5, 0.6) is 0 Å². The summed E-state index contributed by atoms with van der Waals surface area (Å²) < 4.78 is 0. The molecule has 3 rings (SSSR count). The second kappa shape index (κ2) is 5.21. The number of carbonyl (C=O) groups is 1. The van der Waals surface area contributed by atoms with Crippen LogP contribution in [0.1, 0.15) is 26.2 Å². The van der Waals surface area contributed by atoms with Crippen molar-refractivity contribution in [2.75, 3.05) is 11.9 Å². The van der Waals surface area contributed by atoms with E-state index in [1.54, 1.807) is 6.20 Å². The number of nitrogens with zero attached hydrogens (tertiary/aromatic N) is 1. The summed E-state index contributed by atoms with van der Waals surface area (Å²) in [5.74, 6) is 0.0225. The van der Waals surface area contributed by atoms with Gasteiger partial charge in [0.15, 0.2) is 0 Å². The number of benzene rings is 1. The van der Waals surface area contributed by atoms with E-state index in [-0.39, 0.29) is 5.91 Å². The predicted molar refractivity (Wildman–Crippen MR) is 80.6 cm³/mol. The molecule has 0 radical (unpaired) electrons. The van der Waals surface area contributed by atoms with Gasteiger partial charge in [0.2, 0.25) is 5.91 Å². The Hall–Kier alpha value is -1.94. The fraction of sp³-hybridized carbons (Fsp3) is 0.375. The van der Waals surface area contributed by atoms with Crippen LogP contribution in [0, 0.1) is 0 Å². The topological polar surface area (TPSA) is 54.0 Å². The molecule has 1 saturated heterocycles. The van der Waals surface area contributed by atoms with Crippen LogP contribution in [-0.4, -0.2) is 23.0 Å². The standard InChI is InChI=1S/C16H19N3O/c1-16(8-4-5-9-18-16)15(20)19-13-10-12-6-2-3-7-14(12)17-11-13/h2-3,6-7,10-11,18H,4-5,8-9H2,1H3,(H,19,20). The van der Waals surface area contributed by atoms with Crippen LogP contribution in [0.25, 0.3) is 10.9 Å². The number of hydrogen-bond donors (Lipinski definition) is 2. The zero-order valence-electron chi connectivity index (χ0n) is 11.6. The van der Waals surface area contributed by atoms with E-state index < -0.39 is 5.54 Å². The van der Waals surface area contributed by atoms with Gasteiger partial charge < -0.3 is 10.6 Å². The minimum absolute atomic E-state index is 0.0225. The Kier molecular flexibility index (Phi) is 3.40. The molecule has 20 heavy (non-hydrogen) atoms. The molecular formula is C16H19N3O. The van der Waals surface area contributed by atoms with E-state index in [0.717, 1.165) is 42.4 Å². The molecule has 2 N–H and O–H groups in total. The molecular weight excluding hydrogens is 250 g/mol. The molecule has 1 fully saturated rings. The second-order valence-electron chi connectivity index (χ2n) is 5.59. The summed E-state index contributed by atoms with van der Waals surface area (Å²) in [5, 5.41) is 7.33. The van der Waals surface area contributed by atoms with Crippen LogP contribution in [0.4, 0.5) is 5.69 Å². The highest BCUT2D eigenvalue weighted by molar-refractivity contribution is 5.99. The highest BCUT2D eigenvalue weighted by Crippen LogP contribution is 2.22. The summed E-state index contributed by atoms with van der Waals surface area (Å²) in [6.07, 6.45) is 4.82. The maximum atomic E-state index is 12.4. The first-order chi connectivity index (χ1) is 9.67. The van der Waals surface area contributed by atoms with Crippen LogP contribution < -0.4 is 10.6 Å². The smallest absolute Gasteiger partial charge is 0.244 e. The van der Waals surface area contributed by atoms with Gasteiger partial charge in [0.05, 0.1) is 22.9 Å². The Bertz CT molecular complexity index is 632. The molecule has 2 heterocycles. The fourth-order valence-corrected chi connectivity index (χ4v) is 2.66. The zero-order chi connectivity index (χ0) is 14.0. The Morgan fingerprint density at radius 1 is 1.35 bits per heavy atom. The Balaban J connectivity index is 1.80. The van der Waals surface area contributed by atoms with Crippen molar-refractivity contribution in [1.29, 1.82) is 0 Å². The molecule has 1 aliphatic rings. The number of para-hydroxylation sites is 1. The van der Waals surface area contributed by atoms with E-state index in [2.05, 4.69) is 15.6 Å². The van der Waals surface area contributed by atoms with Crippen LogP contribution >= 0.6 is 0 Å². The van der Waals surface area contributed by atoms with Crippen molar-refractivity contribution < 1.29 is 4.79 Å². The van der Waals surface area contributed by atoms with Gasteiger partial charge in [-0.3, -0.25) is 9.78 Å². The Labute approximate surface area is 118 Å². The molecule has 2 aromatic rings. The molecule has 1 aromatic carbocycles. The molecule has 0 aliphatic carbocycles. The van der Waals surface area contributed by atoms with Crippen molar-refractivity contribution in [3.63, 3.8) is 0 Å². The quantitative estimate of drug-likeness (QED) is 0.881. The first kappa shape index (κ1) is 13.1. The van der Waals surface area contributed by atoms with Crippen LogP contribution in [-0.2, 0) is 4.79 Å². The lowest BCUT2D eigenvalue weighted by Crippen LogP contribution is -2.54. The van der Waals surface area contributed by atoms with Crippen molar-refractivity contribution >= 4 is 22.5 Å². The van der Waals surface area contributed by atoms with Gasteiger partial charge in [0.25, 0.3) is 0 Å². The molecule has 1 atom stereocenters. The number of rotatable bonds is 2. The number of piperidine rings is 1. The molecule has 0 saturated carbocycles. The van der Waals surface area contributed by atoms with Crippen molar-refractivity contribution in [2.45, 2.75) is 31.7 Å². The van der Waals surface area contributed by atoms with Gasteiger partial charge in [-0.15, -0.1) is 0 Å². The number of nitrogens with one attached hydrogen (secondary N) is 2. The number of amides is 1. The van der Waals surface area contributed by atoms with E-state index >= 15 is 0 Å². The van der Waals surface area contributed by atoms with Crippen LogP contribution in [0.15, 0.2) is 36.5 Å². The lowest BCUT2D eigenvalue weighted by molar-refractivity contribution is -0.122. The minimum Gasteiger partial charge on any atom is -0.323 e. The third-order valence-electron chi connectivity index (χ3n) is 3.97. The van der Waals surface area contributed by atoms with E-state index in [4.69, 9.17) is 0 Å². The number of hydrogen-bond acceptors (Lipinski definition) is 3. The first-order valence-electron chi connectivity index (χ1n) is 7.09. The van der Waals surface area contributed by atoms with Gasteiger partial charge in [0.1, 0.15) is 0 Å². The zero-order valence-corrected chi connectivity index (χ0v) is 11.6. The molecule has 1 unspecified atom stereocenters. The van der Waals surface area contributed by atoms with Crippen LogP contribution in [0.3, 0.4) is 0 Å². The SMILES string of the molecule is CC1(C(=O)Nc2cnc3ccccc3c2)CCCCN1. The predicted octanol–water partition coefficient (Wildman–Crippen LogP) is 2.71. The molecule has 1 amide bonds. The summed E-state index contributed by atoms with van der Waals surface area (Å²) in [6.45, 7) is 2.87. The molecule has 4 heteroatoms. The highest BCUT2D eigenvalue weighted by Gasteiger charge is 2.34. The first-order valence-corrected chi connectivity index (χ1v) is 7.09. The molecule has 1 aliphatic heterocycles. The molecule has 104 valence electrons. The van der Waals surface area contributed by atoms with Gasteiger partial charge in [-0.25, -0.2) is 0 Å². The van der Waals surface area contributed by atoms with Crippen molar-refractivity contribution in [1.82, 2.24) is 10.3 Å². The third kappa shape index (κ3) is 2.51. The molecule has 1 aromatic heterocycles. The van der Waals surface area contributed by atoms with Gasteiger partial charge in [-0.1, -0.05) is 18.2 Å². The van der Waals surface area contributed by atoms with Crippen LogP contribution in [0.2, 0.25) is 0 Å². The molecule has 0 bridgehead atoms. The van der Waals surface area contributed by atoms with E-state index in [1.807, 2.05) is 37.3 Å². The van der Waals surface area contributed by atoms with Crippen molar-refractivity contribution in [3.05, 3.63) is 36.5 Å². The summed E-state index contributed by atoms with van der Waals surface area (Å²) in [7, 11) is 0. The minimum atomic E-state index is -0.468. The largest absolute Gasteiger partial charge is 0.323 e. The summed E-state index contributed by atoms with van der Waals surface area (Å²) in [5.41, 5.74) is 1.22. The Morgan fingerprint density at radius 2 is 2.20 bits per heavy atom.